The van der Waals surface area contributed by atoms with Gasteiger partial charge in [-0.1, -0.05) is 28.1 Å². The Bertz CT molecular complexity index is 743. The molecule has 2 aromatic carbocycles. The molecule has 0 radical (unpaired) electrons. The fourth-order valence-corrected chi connectivity index (χ4v) is 2.12. The number of likely N-dealkylation sites (N-methyl/N-ethyl adjacent to an activating group) is 1. The van der Waals surface area contributed by atoms with Gasteiger partial charge < -0.3 is 10.1 Å². The molecule has 0 spiro atoms. The second-order valence-corrected chi connectivity index (χ2v) is 5.96. The first kappa shape index (κ1) is 18.7. The zero-order valence-electron chi connectivity index (χ0n) is 13.7. The Balaban J connectivity index is 1.83. The monoisotopic (exact) mass is 403 g/mol. The number of benzene rings is 2. The van der Waals surface area contributed by atoms with Crippen molar-refractivity contribution in [2.75, 3.05) is 6.54 Å². The molecule has 130 valence electrons. The number of halogens is 1. The fraction of sp³-hybridized carbons (Fsp3) is 0.167. The number of hydrogen-bond donors (Lipinski definition) is 2. The van der Waals surface area contributed by atoms with Gasteiger partial charge in [0.05, 0.1) is 6.21 Å². The molecular formula is C18H18BrN3O3. The lowest BCUT2D eigenvalue weighted by Crippen LogP contribution is -2.37. The Morgan fingerprint density at radius 1 is 1.08 bits per heavy atom. The molecule has 0 aromatic heterocycles. The Kier molecular flexibility index (Phi) is 7.16. The van der Waals surface area contributed by atoms with Crippen LogP contribution in [0.4, 0.5) is 0 Å². The largest absolute Gasteiger partial charge is 0.489 e. The average molecular weight is 404 g/mol. The highest BCUT2D eigenvalue weighted by molar-refractivity contribution is 9.10. The standard InChI is InChI=1S/C18H18BrN3O3/c1-2-20-17(23)18(24)22-21-11-13-5-9-16(10-6-13)25-12-14-3-7-15(19)8-4-14/h3-11H,2,12H2,1H3,(H,20,23)(H,22,24)/b21-11-. The van der Waals surface area contributed by atoms with Gasteiger partial charge in [-0.2, -0.15) is 5.10 Å². The summed E-state index contributed by atoms with van der Waals surface area (Å²) in [6, 6.07) is 15.1. The van der Waals surface area contributed by atoms with Crippen LogP contribution in [0.1, 0.15) is 18.1 Å². The number of hydrogen-bond acceptors (Lipinski definition) is 4. The van der Waals surface area contributed by atoms with E-state index in [4.69, 9.17) is 4.74 Å². The molecule has 0 heterocycles. The van der Waals surface area contributed by atoms with E-state index in [1.54, 1.807) is 19.1 Å². The van der Waals surface area contributed by atoms with Crippen LogP contribution in [0.2, 0.25) is 0 Å². The molecule has 2 rings (SSSR count). The van der Waals surface area contributed by atoms with Crippen molar-refractivity contribution in [3.05, 3.63) is 64.1 Å². The van der Waals surface area contributed by atoms with Crippen LogP contribution >= 0.6 is 15.9 Å². The summed E-state index contributed by atoms with van der Waals surface area (Å²) in [6.45, 7) is 2.59. The van der Waals surface area contributed by atoms with E-state index in [1.807, 2.05) is 36.4 Å². The van der Waals surface area contributed by atoms with Crippen LogP contribution in [-0.4, -0.2) is 24.6 Å². The van der Waals surface area contributed by atoms with Crippen LogP contribution in [0.3, 0.4) is 0 Å². The van der Waals surface area contributed by atoms with Gasteiger partial charge in [0.2, 0.25) is 0 Å². The molecule has 2 N–H and O–H groups in total. The molecule has 0 aliphatic heterocycles. The van der Waals surface area contributed by atoms with Gasteiger partial charge in [0.1, 0.15) is 12.4 Å². The maximum atomic E-state index is 11.4. The molecule has 0 aliphatic carbocycles. The van der Waals surface area contributed by atoms with E-state index >= 15 is 0 Å². The molecule has 7 heteroatoms. The van der Waals surface area contributed by atoms with Crippen molar-refractivity contribution < 1.29 is 14.3 Å². The van der Waals surface area contributed by atoms with Crippen LogP contribution in [-0.2, 0) is 16.2 Å². The first-order valence-electron chi connectivity index (χ1n) is 7.67. The maximum Gasteiger partial charge on any atom is 0.329 e. The molecule has 25 heavy (non-hydrogen) atoms. The normalized spacial score (nSPS) is 10.5. The summed E-state index contributed by atoms with van der Waals surface area (Å²) in [4.78, 5) is 22.6. The lowest BCUT2D eigenvalue weighted by atomic mass is 10.2. The third-order valence-electron chi connectivity index (χ3n) is 3.12. The zero-order valence-corrected chi connectivity index (χ0v) is 15.2. The number of nitrogens with one attached hydrogen (secondary N) is 2. The molecule has 2 aromatic rings. The quantitative estimate of drug-likeness (QED) is 0.441. The second-order valence-electron chi connectivity index (χ2n) is 5.04. The number of hydrazone groups is 1. The lowest BCUT2D eigenvalue weighted by Gasteiger charge is -2.06. The molecule has 0 bridgehead atoms. The topological polar surface area (TPSA) is 79.8 Å². The van der Waals surface area contributed by atoms with E-state index in [1.165, 1.54) is 6.21 Å². The Hall–Kier alpha value is -2.67. The minimum absolute atomic E-state index is 0.387. The third-order valence-corrected chi connectivity index (χ3v) is 3.65. The van der Waals surface area contributed by atoms with Crippen molar-refractivity contribution >= 4 is 34.0 Å². The van der Waals surface area contributed by atoms with Crippen molar-refractivity contribution in [1.82, 2.24) is 10.7 Å². The number of nitrogens with zero attached hydrogens (tertiary/aromatic N) is 1. The van der Waals surface area contributed by atoms with Gasteiger partial charge in [0.15, 0.2) is 0 Å². The van der Waals surface area contributed by atoms with E-state index in [-0.39, 0.29) is 0 Å². The number of carbonyl (C=O) groups is 2. The smallest absolute Gasteiger partial charge is 0.329 e. The van der Waals surface area contributed by atoms with Gasteiger partial charge in [0.25, 0.3) is 0 Å². The van der Waals surface area contributed by atoms with Gasteiger partial charge in [-0.3, -0.25) is 9.59 Å². The summed E-state index contributed by atoms with van der Waals surface area (Å²) in [7, 11) is 0. The summed E-state index contributed by atoms with van der Waals surface area (Å²) in [5.74, 6) is -0.782. The van der Waals surface area contributed by atoms with E-state index in [0.717, 1.165) is 21.3 Å². The summed E-state index contributed by atoms with van der Waals surface area (Å²) in [5.41, 5.74) is 4.01. The van der Waals surface area contributed by atoms with E-state index in [9.17, 15) is 9.59 Å². The second kappa shape index (κ2) is 9.58. The van der Waals surface area contributed by atoms with Crippen LogP contribution < -0.4 is 15.5 Å². The van der Waals surface area contributed by atoms with Crippen molar-refractivity contribution in [1.29, 1.82) is 0 Å². The summed E-state index contributed by atoms with van der Waals surface area (Å²) in [5, 5.41) is 6.13. The predicted molar refractivity (Wildman–Crippen MR) is 99.3 cm³/mol. The van der Waals surface area contributed by atoms with E-state index in [2.05, 4.69) is 31.8 Å². The average Bonchev–Trinajstić information content (AvgIpc) is 2.62. The first-order valence-corrected chi connectivity index (χ1v) is 8.46. The minimum Gasteiger partial charge on any atom is -0.489 e. The number of ether oxygens (including phenoxy) is 1. The van der Waals surface area contributed by atoms with Crippen LogP contribution in [0.5, 0.6) is 5.75 Å². The zero-order chi connectivity index (χ0) is 18.1. The van der Waals surface area contributed by atoms with Crippen LogP contribution in [0.25, 0.3) is 0 Å². The maximum absolute atomic E-state index is 11.4. The SMILES string of the molecule is CCNC(=O)C(=O)N/N=C\c1ccc(OCc2ccc(Br)cc2)cc1. The molecule has 0 fully saturated rings. The van der Waals surface area contributed by atoms with E-state index in [0.29, 0.717) is 13.2 Å². The molecular weight excluding hydrogens is 386 g/mol. The molecule has 0 atom stereocenters. The molecule has 2 amide bonds. The van der Waals surface area contributed by atoms with Crippen LogP contribution in [0, 0.1) is 0 Å². The van der Waals surface area contributed by atoms with Gasteiger partial charge in [0, 0.05) is 11.0 Å². The number of amides is 2. The predicted octanol–water partition coefficient (Wildman–Crippen LogP) is 2.61. The molecule has 0 saturated heterocycles. The first-order chi connectivity index (χ1) is 12.1. The fourth-order valence-electron chi connectivity index (χ4n) is 1.85. The summed E-state index contributed by atoms with van der Waals surface area (Å²) >= 11 is 3.39. The van der Waals surface area contributed by atoms with Crippen molar-refractivity contribution in [3.8, 4) is 5.75 Å². The van der Waals surface area contributed by atoms with E-state index < -0.39 is 11.8 Å². The van der Waals surface area contributed by atoms with Crippen molar-refractivity contribution in [3.63, 3.8) is 0 Å². The summed E-state index contributed by atoms with van der Waals surface area (Å²) in [6.07, 6.45) is 1.45. The molecule has 6 nitrogen and oxygen atoms in total. The highest BCUT2D eigenvalue weighted by atomic mass is 79.9. The minimum atomic E-state index is -0.799. The Labute approximate surface area is 154 Å². The van der Waals surface area contributed by atoms with Gasteiger partial charge in [-0.15, -0.1) is 0 Å². The van der Waals surface area contributed by atoms with Crippen LogP contribution in [0.15, 0.2) is 58.1 Å². The van der Waals surface area contributed by atoms with Gasteiger partial charge in [-0.05, 0) is 54.4 Å². The highest BCUT2D eigenvalue weighted by Gasteiger charge is 2.09. The van der Waals surface area contributed by atoms with Gasteiger partial charge in [-0.25, -0.2) is 5.43 Å². The van der Waals surface area contributed by atoms with Crippen molar-refractivity contribution in [2.24, 2.45) is 5.10 Å². The lowest BCUT2D eigenvalue weighted by molar-refractivity contribution is -0.139. The molecule has 0 unspecified atom stereocenters. The highest BCUT2D eigenvalue weighted by Crippen LogP contribution is 2.15. The Morgan fingerprint density at radius 2 is 1.76 bits per heavy atom. The summed E-state index contributed by atoms with van der Waals surface area (Å²) < 4.78 is 6.73. The molecule has 0 aliphatic rings. The van der Waals surface area contributed by atoms with Crippen molar-refractivity contribution in [2.45, 2.75) is 13.5 Å². The van der Waals surface area contributed by atoms with Gasteiger partial charge >= 0.3 is 11.8 Å². The Morgan fingerprint density at radius 3 is 2.40 bits per heavy atom. The molecule has 0 saturated carbocycles. The number of carbonyl (C=O) groups excluding carboxylic acids is 2. The number of rotatable bonds is 6. The third kappa shape index (κ3) is 6.39.